The third-order valence-electron chi connectivity index (χ3n) is 6.83. The molecule has 2 aliphatic rings. The molecule has 2 aliphatic heterocycles. The van der Waals surface area contributed by atoms with Crippen LogP contribution in [0.1, 0.15) is 38.7 Å². The second-order valence-corrected chi connectivity index (χ2v) is 11.1. The normalized spacial score (nSPS) is 19.0. The van der Waals surface area contributed by atoms with Gasteiger partial charge in [0.1, 0.15) is 5.82 Å². The Morgan fingerprint density at radius 2 is 1.78 bits per heavy atom. The summed E-state index contributed by atoms with van der Waals surface area (Å²) in [6.45, 7) is 6.15. The number of likely N-dealkylation sites (tertiary alicyclic amines) is 1. The van der Waals surface area contributed by atoms with Crippen LogP contribution in [-0.4, -0.2) is 72.0 Å². The molecule has 1 aromatic heterocycles. The Morgan fingerprint density at radius 1 is 1.05 bits per heavy atom. The number of halogens is 4. The van der Waals surface area contributed by atoms with Crippen LogP contribution in [0.25, 0.3) is 0 Å². The van der Waals surface area contributed by atoms with E-state index >= 15 is 0 Å². The fraction of sp³-hybridized carbons (Fsp3) is 0.556. The van der Waals surface area contributed by atoms with Crippen LogP contribution in [0.4, 0.5) is 19.0 Å². The van der Waals surface area contributed by atoms with Crippen LogP contribution in [0.2, 0.25) is 5.02 Å². The molecule has 0 bridgehead atoms. The largest absolute Gasteiger partial charge is 0.446 e. The number of benzene rings is 1. The highest BCUT2D eigenvalue weighted by atomic mass is 35.5. The molecule has 2 fully saturated rings. The van der Waals surface area contributed by atoms with Gasteiger partial charge in [0.15, 0.2) is 0 Å². The number of carbonyl (C=O) groups excluding carboxylic acids is 1. The first-order valence-corrected chi connectivity index (χ1v) is 13.7. The molecule has 1 aromatic carbocycles. The summed E-state index contributed by atoms with van der Waals surface area (Å²) in [5.41, 5.74) is -3.25. The van der Waals surface area contributed by atoms with E-state index in [1.165, 1.54) is 12.1 Å². The third kappa shape index (κ3) is 9.37. The van der Waals surface area contributed by atoms with Crippen LogP contribution in [-0.2, 0) is 11.2 Å². The van der Waals surface area contributed by atoms with Crippen molar-refractivity contribution in [2.24, 2.45) is 5.92 Å². The van der Waals surface area contributed by atoms with Gasteiger partial charge in [0.2, 0.25) is 5.91 Å². The van der Waals surface area contributed by atoms with Crippen molar-refractivity contribution in [3.8, 4) is 0 Å². The van der Waals surface area contributed by atoms with Gasteiger partial charge in [-0.1, -0.05) is 31.2 Å². The summed E-state index contributed by atoms with van der Waals surface area (Å²) in [7, 11) is 0. The van der Waals surface area contributed by atoms with Gasteiger partial charge >= 0.3 is 5.51 Å². The highest BCUT2D eigenvalue weighted by Crippen LogP contribution is 2.37. The Morgan fingerprint density at radius 3 is 2.43 bits per heavy atom. The molecule has 0 aliphatic carbocycles. The number of amides is 1. The zero-order valence-corrected chi connectivity index (χ0v) is 21.8. The molecule has 3 heterocycles. The molecule has 0 spiro atoms. The second kappa shape index (κ2) is 13.7. The molecule has 37 heavy (non-hydrogen) atoms. The predicted molar refractivity (Wildman–Crippen MR) is 145 cm³/mol. The number of thioether (sulfide) groups is 1. The molecule has 2 saturated heterocycles. The Kier molecular flexibility index (Phi) is 11.0. The van der Waals surface area contributed by atoms with Gasteiger partial charge in [-0.2, -0.15) is 13.2 Å². The molecular weight excluding hydrogens is 521 g/mol. The minimum atomic E-state index is -4.27. The monoisotopic (exact) mass is 556 g/mol. The van der Waals surface area contributed by atoms with Crippen molar-refractivity contribution in [1.82, 2.24) is 14.8 Å². The van der Waals surface area contributed by atoms with Crippen molar-refractivity contribution in [2.75, 3.05) is 50.7 Å². The molecule has 0 unspecified atom stereocenters. The number of alkyl halides is 3. The van der Waals surface area contributed by atoms with Gasteiger partial charge in [-0.15, -0.1) is 0 Å². The van der Waals surface area contributed by atoms with Crippen LogP contribution in [0.5, 0.6) is 0 Å². The van der Waals surface area contributed by atoms with E-state index in [0.717, 1.165) is 82.9 Å². The first-order chi connectivity index (χ1) is 17.2. The second-order valence-electron chi connectivity index (χ2n) is 9.51. The summed E-state index contributed by atoms with van der Waals surface area (Å²) in [5.74, 6) is 1.50. The van der Waals surface area contributed by atoms with Gasteiger partial charge in [-0.05, 0) is 79.7 Å². The van der Waals surface area contributed by atoms with Gasteiger partial charge in [0.05, 0.1) is 5.02 Å². The Labute approximate surface area is 227 Å². The van der Waals surface area contributed by atoms with Crippen LogP contribution < -0.4 is 4.90 Å². The van der Waals surface area contributed by atoms with Gasteiger partial charge in [-0.25, -0.2) is 4.98 Å². The van der Waals surface area contributed by atoms with Crippen molar-refractivity contribution >= 4 is 35.1 Å². The number of pyridine rings is 1. The number of aromatic nitrogens is 1. The lowest BCUT2D eigenvalue weighted by Crippen LogP contribution is -2.47. The maximum absolute atomic E-state index is 12.9. The van der Waals surface area contributed by atoms with Crippen molar-refractivity contribution in [3.05, 3.63) is 53.2 Å². The van der Waals surface area contributed by atoms with Gasteiger partial charge in [0.25, 0.3) is 0 Å². The summed E-state index contributed by atoms with van der Waals surface area (Å²) in [6.07, 6.45) is 5.86. The molecule has 1 amide bonds. The van der Waals surface area contributed by atoms with E-state index in [9.17, 15) is 18.0 Å². The predicted octanol–water partition coefficient (Wildman–Crippen LogP) is 6.37. The number of hydrogen-bond acceptors (Lipinski definition) is 5. The minimum absolute atomic E-state index is 0. The van der Waals surface area contributed by atoms with Crippen molar-refractivity contribution < 1.29 is 18.0 Å². The van der Waals surface area contributed by atoms with E-state index in [0.29, 0.717) is 17.4 Å². The molecule has 0 radical (unpaired) electrons. The summed E-state index contributed by atoms with van der Waals surface area (Å²) in [4.78, 5) is 24.1. The molecule has 0 saturated carbocycles. The molecular formula is C27H36ClF3N4OS. The molecule has 0 N–H and O–H groups in total. The number of piperidine rings is 1. The smallest absolute Gasteiger partial charge is 0.354 e. The third-order valence-corrected chi connectivity index (χ3v) is 7.79. The summed E-state index contributed by atoms with van der Waals surface area (Å²) in [5, 5.41) is 0.639. The standard InChI is InChI=1S/C26H32ClF3N4OS.CH4/c27-22-7-10-24(31-18-22)33-15-13-32(14-16-33)11-2-4-25(35)34-12-1-3-21(19-34)17-20-5-8-23(9-6-20)36-26(28,29)30;/h5-10,18,21H,1-4,11-17,19H2;1H4/t21-;/m1./s1. The van der Waals surface area contributed by atoms with E-state index in [1.54, 1.807) is 18.3 Å². The zero-order chi connectivity index (χ0) is 25.5. The Hall–Kier alpha value is -1.97. The van der Waals surface area contributed by atoms with Gasteiger partial charge < -0.3 is 9.80 Å². The number of piperazine rings is 1. The molecule has 204 valence electrons. The summed E-state index contributed by atoms with van der Waals surface area (Å²) in [6, 6.07) is 10.4. The lowest BCUT2D eigenvalue weighted by Gasteiger charge is -2.36. The van der Waals surface area contributed by atoms with Crippen LogP contribution in [0.3, 0.4) is 0 Å². The Bertz CT molecular complexity index is 983. The average molecular weight is 557 g/mol. The van der Waals surface area contributed by atoms with E-state index < -0.39 is 5.51 Å². The average Bonchev–Trinajstić information content (AvgIpc) is 2.85. The van der Waals surface area contributed by atoms with E-state index in [1.807, 2.05) is 17.0 Å². The lowest BCUT2D eigenvalue weighted by atomic mass is 9.91. The minimum Gasteiger partial charge on any atom is -0.354 e. The quantitative estimate of drug-likeness (QED) is 0.353. The first kappa shape index (κ1) is 29.6. The first-order valence-electron chi connectivity index (χ1n) is 12.5. The highest BCUT2D eigenvalue weighted by Gasteiger charge is 2.29. The van der Waals surface area contributed by atoms with Crippen LogP contribution >= 0.6 is 23.4 Å². The van der Waals surface area contributed by atoms with Crippen LogP contribution in [0, 0.1) is 5.92 Å². The maximum atomic E-state index is 12.9. The van der Waals surface area contributed by atoms with Gasteiger partial charge in [-0.3, -0.25) is 9.69 Å². The van der Waals surface area contributed by atoms with Crippen molar-refractivity contribution in [3.63, 3.8) is 0 Å². The molecule has 2 aromatic rings. The number of anilines is 1. The lowest BCUT2D eigenvalue weighted by molar-refractivity contribution is -0.133. The zero-order valence-electron chi connectivity index (χ0n) is 20.2. The molecule has 10 heteroatoms. The molecule has 5 nitrogen and oxygen atoms in total. The van der Waals surface area contributed by atoms with Crippen molar-refractivity contribution in [1.29, 1.82) is 0 Å². The molecule has 1 atom stereocenters. The molecule has 4 rings (SSSR count). The van der Waals surface area contributed by atoms with E-state index in [4.69, 9.17) is 11.6 Å². The van der Waals surface area contributed by atoms with Crippen molar-refractivity contribution in [2.45, 2.75) is 49.9 Å². The van der Waals surface area contributed by atoms with Crippen LogP contribution in [0.15, 0.2) is 47.5 Å². The maximum Gasteiger partial charge on any atom is 0.446 e. The fourth-order valence-electron chi connectivity index (χ4n) is 4.99. The fourth-order valence-corrected chi connectivity index (χ4v) is 5.64. The highest BCUT2D eigenvalue weighted by molar-refractivity contribution is 8.00. The topological polar surface area (TPSA) is 39.7 Å². The number of rotatable bonds is 8. The number of hydrogen-bond donors (Lipinski definition) is 0. The van der Waals surface area contributed by atoms with E-state index in [-0.39, 0.29) is 30.0 Å². The SMILES string of the molecule is C.O=C(CCCN1CCN(c2ccc(Cl)cn2)CC1)N1CCC[C@H](Cc2ccc(SC(F)(F)F)cc2)C1. The van der Waals surface area contributed by atoms with Gasteiger partial charge in [0, 0.05) is 56.8 Å². The van der Waals surface area contributed by atoms with E-state index in [2.05, 4.69) is 14.8 Å². The number of nitrogens with zero attached hydrogens (tertiary/aromatic N) is 4. The summed E-state index contributed by atoms with van der Waals surface area (Å²) >= 11 is 5.84. The number of carbonyl (C=O) groups is 1. The summed E-state index contributed by atoms with van der Waals surface area (Å²) < 4.78 is 37.6. The Balaban J connectivity index is 0.00000380.